The zero-order chi connectivity index (χ0) is 42.8. The number of hydrogen-bond donors (Lipinski definition) is 4. The molecule has 14 nitrogen and oxygen atoms in total. The summed E-state index contributed by atoms with van der Waals surface area (Å²) >= 11 is 0. The number of nitrogens with zero attached hydrogens (tertiary/aromatic N) is 5. The van der Waals surface area contributed by atoms with Crippen molar-refractivity contribution in [2.24, 2.45) is 0 Å². The molecule has 1 atom stereocenters. The number of piperazine rings is 1. The third-order valence-corrected chi connectivity index (χ3v) is 12.1. The van der Waals surface area contributed by atoms with Gasteiger partial charge in [0.05, 0.1) is 35.3 Å². The number of piperidine rings is 2. The van der Waals surface area contributed by atoms with Gasteiger partial charge in [-0.1, -0.05) is 24.3 Å². The number of pyridine rings is 1. The first-order chi connectivity index (χ1) is 29.4. The van der Waals surface area contributed by atoms with Crippen LogP contribution >= 0.6 is 0 Å². The molecule has 0 radical (unpaired) electrons. The van der Waals surface area contributed by atoms with Gasteiger partial charge in [-0.3, -0.25) is 34.3 Å². The van der Waals surface area contributed by atoms with Crippen molar-refractivity contribution in [2.45, 2.75) is 57.0 Å². The predicted octanol–water partition coefficient (Wildman–Crippen LogP) is 5.50. The van der Waals surface area contributed by atoms with Gasteiger partial charge in [0.15, 0.2) is 0 Å². The van der Waals surface area contributed by atoms with Gasteiger partial charge in [-0.05, 0) is 60.7 Å². The van der Waals surface area contributed by atoms with E-state index in [0.29, 0.717) is 36.0 Å². The van der Waals surface area contributed by atoms with E-state index in [2.05, 4.69) is 47.0 Å². The molecule has 3 fully saturated rings. The summed E-state index contributed by atoms with van der Waals surface area (Å²) in [4.78, 5) is 62.6. The van der Waals surface area contributed by atoms with Crippen molar-refractivity contribution in [3.8, 4) is 5.75 Å². The lowest BCUT2D eigenvalue weighted by Gasteiger charge is -2.43. The van der Waals surface area contributed by atoms with E-state index in [0.717, 1.165) is 81.7 Å². The normalized spacial score (nSPS) is 19.1. The molecule has 0 aliphatic carbocycles. The second kappa shape index (κ2) is 17.4. The number of rotatable bonds is 11. The molecule has 17 heteroatoms. The number of amides is 4. The summed E-state index contributed by atoms with van der Waals surface area (Å²) in [5.41, 5.74) is 3.36. The Labute approximate surface area is 351 Å². The summed E-state index contributed by atoms with van der Waals surface area (Å²) in [7, 11) is 3.00. The summed E-state index contributed by atoms with van der Waals surface area (Å²) in [5, 5.41) is 10.8. The molecule has 0 bridgehead atoms. The van der Waals surface area contributed by atoms with Crippen LogP contribution in [-0.2, 0) is 28.9 Å². The molecular weight excluding hydrogens is 792 g/mol. The van der Waals surface area contributed by atoms with Gasteiger partial charge < -0.3 is 30.5 Å². The maximum Gasteiger partial charge on any atom is 0.419 e. The lowest BCUT2D eigenvalue weighted by molar-refractivity contribution is -0.138. The maximum absolute atomic E-state index is 14.1. The van der Waals surface area contributed by atoms with Crippen LogP contribution in [0.5, 0.6) is 5.75 Å². The van der Waals surface area contributed by atoms with E-state index in [-0.39, 0.29) is 41.0 Å². The van der Waals surface area contributed by atoms with E-state index < -0.39 is 29.6 Å². The average molecular weight is 840 g/mol. The highest BCUT2D eigenvalue weighted by molar-refractivity contribution is 6.05. The fourth-order valence-corrected chi connectivity index (χ4v) is 8.80. The fraction of sp³-hybridized carbons (Fsp3) is 0.386. The Balaban J connectivity index is 0.846. The van der Waals surface area contributed by atoms with Crippen LogP contribution in [0.15, 0.2) is 72.9 Å². The number of fused-ring (bicyclic) bond motifs is 1. The molecule has 3 saturated heterocycles. The molecule has 0 spiro atoms. The Kier molecular flexibility index (Phi) is 11.9. The largest absolute Gasteiger partial charge is 0.494 e. The number of aromatic nitrogens is 1. The van der Waals surface area contributed by atoms with E-state index in [4.69, 9.17) is 4.74 Å². The minimum absolute atomic E-state index is 0.155. The lowest BCUT2D eigenvalue weighted by Crippen LogP contribution is -2.53. The smallest absolute Gasteiger partial charge is 0.419 e. The number of imide groups is 1. The van der Waals surface area contributed by atoms with E-state index in [1.165, 1.54) is 25.2 Å². The number of carbonyl (C=O) groups is 4. The molecule has 3 aromatic carbocycles. The quantitative estimate of drug-likeness (QED) is 0.142. The van der Waals surface area contributed by atoms with Crippen LogP contribution < -0.4 is 30.9 Å². The molecular formula is C44H48F3N9O5. The van der Waals surface area contributed by atoms with E-state index in [1.54, 1.807) is 24.1 Å². The number of para-hydroxylation sites is 1. The first-order valence-corrected chi connectivity index (χ1v) is 20.5. The van der Waals surface area contributed by atoms with Crippen LogP contribution in [0.2, 0.25) is 0 Å². The number of hydrogen-bond acceptors (Lipinski definition) is 11. The third kappa shape index (κ3) is 8.98. The van der Waals surface area contributed by atoms with Crippen LogP contribution in [0.1, 0.15) is 63.1 Å². The summed E-state index contributed by atoms with van der Waals surface area (Å²) in [6, 6.07) is 19.1. The van der Waals surface area contributed by atoms with Gasteiger partial charge in [-0.2, -0.15) is 13.2 Å². The van der Waals surface area contributed by atoms with Crippen molar-refractivity contribution in [3.05, 3.63) is 101 Å². The third-order valence-electron chi connectivity index (χ3n) is 12.1. The van der Waals surface area contributed by atoms with Gasteiger partial charge in [-0.25, -0.2) is 4.98 Å². The van der Waals surface area contributed by atoms with Gasteiger partial charge >= 0.3 is 6.18 Å². The van der Waals surface area contributed by atoms with Gasteiger partial charge in [0.25, 0.3) is 11.8 Å². The Morgan fingerprint density at radius 2 is 1.66 bits per heavy atom. The molecule has 4 aromatic rings. The number of ether oxygens (including phenoxy) is 1. The number of benzene rings is 3. The summed E-state index contributed by atoms with van der Waals surface area (Å²) in [5.74, 6) is -0.637. The first-order valence-electron chi connectivity index (χ1n) is 20.5. The van der Waals surface area contributed by atoms with E-state index in [1.807, 2.05) is 30.3 Å². The lowest BCUT2D eigenvalue weighted by atomic mass is 10.0. The topological polar surface area (TPSA) is 151 Å². The Hall–Kier alpha value is -6.20. The highest BCUT2D eigenvalue weighted by Gasteiger charge is 2.39. The van der Waals surface area contributed by atoms with Crippen LogP contribution in [-0.4, -0.2) is 109 Å². The SMILES string of the molecule is CNC(=O)c1ccccc1Nc1cc(Nc2ccc(N3CCC(N4CCN(Cc5ccc6c(c5)CN(C5CCC(=O)NC5=O)C6=O)CC4)CC3)cc2OC)ncc1C(F)(F)F. The van der Waals surface area contributed by atoms with E-state index in [9.17, 15) is 32.3 Å². The summed E-state index contributed by atoms with van der Waals surface area (Å²) in [6.45, 7) is 6.64. The number of methoxy groups -OCH3 is 1. The zero-order valence-electron chi connectivity index (χ0n) is 34.0. The molecule has 4 aliphatic heterocycles. The first kappa shape index (κ1) is 41.5. The molecule has 1 unspecified atom stereocenters. The van der Waals surface area contributed by atoms with Crippen molar-refractivity contribution in [2.75, 3.05) is 69.0 Å². The monoisotopic (exact) mass is 839 g/mol. The minimum atomic E-state index is -4.70. The highest BCUT2D eigenvalue weighted by atomic mass is 19.4. The second-order valence-electron chi connectivity index (χ2n) is 15.8. The second-order valence-corrected chi connectivity index (χ2v) is 15.8. The summed E-state index contributed by atoms with van der Waals surface area (Å²) < 4.78 is 47.9. The Bertz CT molecular complexity index is 2330. The highest BCUT2D eigenvalue weighted by Crippen LogP contribution is 2.39. The predicted molar refractivity (Wildman–Crippen MR) is 223 cm³/mol. The van der Waals surface area contributed by atoms with Crippen molar-refractivity contribution < 1.29 is 37.1 Å². The molecule has 8 rings (SSSR count). The number of carbonyl (C=O) groups excluding carboxylic acids is 4. The fourth-order valence-electron chi connectivity index (χ4n) is 8.80. The van der Waals surface area contributed by atoms with Gasteiger partial charge in [0.1, 0.15) is 17.6 Å². The van der Waals surface area contributed by atoms with Crippen LogP contribution in [0.4, 0.5) is 41.7 Å². The molecule has 4 N–H and O–H groups in total. The molecule has 4 aliphatic rings. The zero-order valence-corrected chi connectivity index (χ0v) is 34.0. The number of halogens is 3. The van der Waals surface area contributed by atoms with Crippen LogP contribution in [0, 0.1) is 0 Å². The Morgan fingerprint density at radius 3 is 2.38 bits per heavy atom. The maximum atomic E-state index is 14.1. The van der Waals surface area contributed by atoms with Crippen LogP contribution in [0.3, 0.4) is 0 Å². The van der Waals surface area contributed by atoms with Crippen molar-refractivity contribution in [1.82, 2.24) is 30.3 Å². The van der Waals surface area contributed by atoms with Gasteiger partial charge in [0, 0.05) is 101 Å². The number of nitrogens with one attached hydrogen (secondary N) is 4. The molecule has 5 heterocycles. The molecule has 4 amide bonds. The average Bonchev–Trinajstić information content (AvgIpc) is 3.58. The van der Waals surface area contributed by atoms with Gasteiger partial charge in [-0.15, -0.1) is 0 Å². The van der Waals surface area contributed by atoms with Crippen molar-refractivity contribution in [1.29, 1.82) is 0 Å². The van der Waals surface area contributed by atoms with Crippen LogP contribution in [0.25, 0.3) is 0 Å². The molecule has 1 aromatic heterocycles. The molecule has 320 valence electrons. The number of alkyl halides is 3. The van der Waals surface area contributed by atoms with Crippen molar-refractivity contribution in [3.63, 3.8) is 0 Å². The Morgan fingerprint density at radius 1 is 0.885 bits per heavy atom. The standard InChI is InChI=1S/C44H48F3N9O5/c1-48-41(58)32-5-3-4-6-34(32)50-36-23-39(49-24-33(36)44(45,46)47)51-35-10-8-30(22-38(35)61-2)54-15-13-29(14-16-54)55-19-17-53(18-20-55)25-27-7-9-31-28(21-27)26-56(43(31)60)37-11-12-40(57)52-42(37)59/h3-10,21-24,29,37H,11-20,25-26H2,1-2H3,(H,48,58)(H2,49,50,51)(H,52,57,59). The van der Waals surface area contributed by atoms with Gasteiger partial charge in [0.2, 0.25) is 11.8 Å². The molecule has 0 saturated carbocycles. The summed E-state index contributed by atoms with van der Waals surface area (Å²) in [6.07, 6.45) is -1.36. The van der Waals surface area contributed by atoms with Crippen molar-refractivity contribution >= 4 is 52.2 Å². The number of anilines is 5. The minimum Gasteiger partial charge on any atom is -0.494 e. The van der Waals surface area contributed by atoms with E-state index >= 15 is 0 Å². The molecule has 61 heavy (non-hydrogen) atoms.